The van der Waals surface area contributed by atoms with Gasteiger partial charge in [-0.3, -0.25) is 4.79 Å². The van der Waals surface area contributed by atoms with Crippen LogP contribution in [0.3, 0.4) is 0 Å². The number of hydrogen-bond donors (Lipinski definition) is 1. The first-order valence-corrected chi connectivity index (χ1v) is 8.65. The summed E-state index contributed by atoms with van der Waals surface area (Å²) in [5.74, 6) is 0.672. The molecule has 1 atom stereocenters. The second-order valence-corrected chi connectivity index (χ2v) is 6.42. The minimum absolute atomic E-state index is 0.105. The average molecular weight is 345 g/mol. The molecule has 0 radical (unpaired) electrons. The molecule has 0 unspecified atom stereocenters. The summed E-state index contributed by atoms with van der Waals surface area (Å²) in [5.41, 5.74) is 4.84. The van der Waals surface area contributed by atoms with Crippen LogP contribution in [-0.2, 0) is 0 Å². The molecule has 0 aliphatic rings. The van der Waals surface area contributed by atoms with E-state index in [9.17, 15) is 4.79 Å². The average Bonchev–Trinajstić information content (AvgIpc) is 2.66. The summed E-state index contributed by atoms with van der Waals surface area (Å²) >= 11 is 0. The molecule has 0 fully saturated rings. The van der Waals surface area contributed by atoms with E-state index in [1.807, 2.05) is 61.5 Å². The van der Waals surface area contributed by atoms with E-state index < -0.39 is 0 Å². The molecule has 3 aromatic carbocycles. The van der Waals surface area contributed by atoms with Gasteiger partial charge in [0, 0.05) is 5.56 Å². The number of carbonyl (C=O) groups excluding carboxylic acids is 1. The Morgan fingerprint density at radius 2 is 1.62 bits per heavy atom. The number of rotatable bonds is 5. The number of aryl methyl sites for hydroxylation is 2. The molecule has 0 aliphatic heterocycles. The molecule has 3 aromatic rings. The van der Waals surface area contributed by atoms with Crippen LogP contribution >= 0.6 is 0 Å². The fourth-order valence-electron chi connectivity index (χ4n) is 3.09. The number of ether oxygens (including phenoxy) is 1. The summed E-state index contributed by atoms with van der Waals surface area (Å²) in [6.07, 6.45) is 0. The molecule has 1 amide bonds. The Balaban J connectivity index is 1.93. The first-order chi connectivity index (χ1) is 12.6. The lowest BCUT2D eigenvalue weighted by Gasteiger charge is -2.21. The third-order valence-electron chi connectivity index (χ3n) is 4.44. The molecule has 1 N–H and O–H groups in total. The van der Waals surface area contributed by atoms with Gasteiger partial charge in [0.1, 0.15) is 5.75 Å². The Morgan fingerprint density at radius 1 is 0.885 bits per heavy atom. The van der Waals surface area contributed by atoms with E-state index in [2.05, 4.69) is 24.4 Å². The summed E-state index contributed by atoms with van der Waals surface area (Å²) in [7, 11) is 1.63. The highest BCUT2D eigenvalue weighted by Crippen LogP contribution is 2.24. The van der Waals surface area contributed by atoms with Crippen molar-refractivity contribution in [3.8, 4) is 5.75 Å². The van der Waals surface area contributed by atoms with Gasteiger partial charge in [0.25, 0.3) is 5.91 Å². The SMILES string of the molecule is COc1ccc(C(=O)N[C@H](c2ccccc2)c2cccc(C)c2)cc1C. The van der Waals surface area contributed by atoms with Crippen LogP contribution in [0.4, 0.5) is 0 Å². The predicted octanol–water partition coefficient (Wildman–Crippen LogP) is 4.83. The summed E-state index contributed by atoms with van der Waals surface area (Å²) in [6, 6.07) is 23.5. The van der Waals surface area contributed by atoms with Crippen LogP contribution < -0.4 is 10.1 Å². The monoisotopic (exact) mass is 345 g/mol. The van der Waals surface area contributed by atoms with Crippen molar-refractivity contribution in [3.63, 3.8) is 0 Å². The molecule has 0 saturated carbocycles. The van der Waals surface area contributed by atoms with Gasteiger partial charge in [-0.2, -0.15) is 0 Å². The van der Waals surface area contributed by atoms with Crippen molar-refractivity contribution in [2.24, 2.45) is 0 Å². The summed E-state index contributed by atoms with van der Waals surface area (Å²) in [6.45, 7) is 3.99. The first-order valence-electron chi connectivity index (χ1n) is 8.65. The van der Waals surface area contributed by atoms with Crippen LogP contribution in [0.15, 0.2) is 72.8 Å². The maximum atomic E-state index is 12.9. The Morgan fingerprint density at radius 3 is 2.27 bits per heavy atom. The smallest absolute Gasteiger partial charge is 0.252 e. The normalized spacial score (nSPS) is 11.7. The van der Waals surface area contributed by atoms with Crippen LogP contribution in [0.2, 0.25) is 0 Å². The Hall–Kier alpha value is -3.07. The molecule has 0 aliphatic carbocycles. The van der Waals surface area contributed by atoms with Gasteiger partial charge in [0.2, 0.25) is 0 Å². The van der Waals surface area contributed by atoms with Crippen molar-refractivity contribution in [1.82, 2.24) is 5.32 Å². The van der Waals surface area contributed by atoms with E-state index in [1.165, 1.54) is 0 Å². The van der Waals surface area contributed by atoms with Crippen LogP contribution in [0.25, 0.3) is 0 Å². The Bertz CT molecular complexity index is 903. The van der Waals surface area contributed by atoms with E-state index in [0.717, 1.165) is 28.0 Å². The first kappa shape index (κ1) is 17.7. The largest absolute Gasteiger partial charge is 0.496 e. The van der Waals surface area contributed by atoms with Crippen LogP contribution in [0.5, 0.6) is 5.75 Å². The van der Waals surface area contributed by atoms with Gasteiger partial charge < -0.3 is 10.1 Å². The number of carbonyl (C=O) groups is 1. The quantitative estimate of drug-likeness (QED) is 0.719. The molecule has 132 valence electrons. The van der Waals surface area contributed by atoms with Crippen molar-refractivity contribution in [3.05, 3.63) is 101 Å². The van der Waals surface area contributed by atoms with Crippen molar-refractivity contribution in [1.29, 1.82) is 0 Å². The molecule has 26 heavy (non-hydrogen) atoms. The van der Waals surface area contributed by atoms with E-state index in [4.69, 9.17) is 4.74 Å². The zero-order valence-corrected chi connectivity index (χ0v) is 15.3. The topological polar surface area (TPSA) is 38.3 Å². The lowest BCUT2D eigenvalue weighted by atomic mass is 9.97. The molecule has 0 aromatic heterocycles. The number of nitrogens with one attached hydrogen (secondary N) is 1. The highest BCUT2D eigenvalue weighted by molar-refractivity contribution is 5.95. The van der Waals surface area contributed by atoms with Crippen molar-refractivity contribution in [2.45, 2.75) is 19.9 Å². The molecule has 0 spiro atoms. The highest BCUT2D eigenvalue weighted by atomic mass is 16.5. The molecule has 3 rings (SSSR count). The van der Waals surface area contributed by atoms with Crippen molar-refractivity contribution >= 4 is 5.91 Å². The number of methoxy groups -OCH3 is 1. The van der Waals surface area contributed by atoms with Crippen LogP contribution in [-0.4, -0.2) is 13.0 Å². The van der Waals surface area contributed by atoms with Gasteiger partial charge in [-0.25, -0.2) is 0 Å². The number of hydrogen-bond acceptors (Lipinski definition) is 2. The van der Waals surface area contributed by atoms with Crippen molar-refractivity contribution < 1.29 is 9.53 Å². The summed E-state index contributed by atoms with van der Waals surface area (Å²) < 4.78 is 5.28. The Labute approximate surface area is 154 Å². The predicted molar refractivity (Wildman–Crippen MR) is 105 cm³/mol. The molecular formula is C23H23NO2. The number of amides is 1. The second-order valence-electron chi connectivity index (χ2n) is 6.42. The van der Waals surface area contributed by atoms with Crippen LogP contribution in [0.1, 0.15) is 38.7 Å². The maximum absolute atomic E-state index is 12.9. The third-order valence-corrected chi connectivity index (χ3v) is 4.44. The van der Waals surface area contributed by atoms with Gasteiger partial charge in [0.15, 0.2) is 0 Å². The lowest BCUT2D eigenvalue weighted by Crippen LogP contribution is -2.29. The molecule has 0 heterocycles. The highest BCUT2D eigenvalue weighted by Gasteiger charge is 2.18. The minimum Gasteiger partial charge on any atom is -0.496 e. The van der Waals surface area contributed by atoms with E-state index >= 15 is 0 Å². The van der Waals surface area contributed by atoms with Crippen LogP contribution in [0, 0.1) is 13.8 Å². The zero-order valence-electron chi connectivity index (χ0n) is 15.3. The summed E-state index contributed by atoms with van der Waals surface area (Å²) in [5, 5.41) is 3.18. The molecule has 0 bridgehead atoms. The molecule has 0 saturated heterocycles. The maximum Gasteiger partial charge on any atom is 0.252 e. The fourth-order valence-corrected chi connectivity index (χ4v) is 3.09. The number of benzene rings is 3. The van der Waals surface area contributed by atoms with Gasteiger partial charge in [-0.05, 0) is 48.7 Å². The molecule has 3 heteroatoms. The molecule has 3 nitrogen and oxygen atoms in total. The third kappa shape index (κ3) is 3.94. The van der Waals surface area contributed by atoms with Crippen molar-refractivity contribution in [2.75, 3.05) is 7.11 Å². The Kier molecular flexibility index (Phi) is 5.37. The van der Waals surface area contributed by atoms with E-state index in [0.29, 0.717) is 5.56 Å². The second kappa shape index (κ2) is 7.87. The van der Waals surface area contributed by atoms with E-state index in [-0.39, 0.29) is 11.9 Å². The lowest BCUT2D eigenvalue weighted by molar-refractivity contribution is 0.0943. The van der Waals surface area contributed by atoms with Gasteiger partial charge in [-0.1, -0.05) is 60.2 Å². The standard InChI is InChI=1S/C23H23NO2/c1-16-8-7-11-19(14-16)22(18-9-5-4-6-10-18)24-23(25)20-12-13-21(26-3)17(2)15-20/h4-15,22H,1-3H3,(H,24,25)/t22-/m1/s1. The fraction of sp³-hybridized carbons (Fsp3) is 0.174. The van der Waals surface area contributed by atoms with Gasteiger partial charge >= 0.3 is 0 Å². The summed E-state index contributed by atoms with van der Waals surface area (Å²) in [4.78, 5) is 12.9. The van der Waals surface area contributed by atoms with E-state index in [1.54, 1.807) is 13.2 Å². The van der Waals surface area contributed by atoms with Gasteiger partial charge in [-0.15, -0.1) is 0 Å². The minimum atomic E-state index is -0.203. The van der Waals surface area contributed by atoms with Gasteiger partial charge in [0.05, 0.1) is 13.2 Å². The zero-order chi connectivity index (χ0) is 18.5. The molecular weight excluding hydrogens is 322 g/mol.